The number of ether oxygens (including phenoxy) is 1. The third kappa shape index (κ3) is 4.57. The first kappa shape index (κ1) is 13.7. The van der Waals surface area contributed by atoms with E-state index in [-0.39, 0.29) is 11.9 Å². The predicted octanol–water partition coefficient (Wildman–Crippen LogP) is 1.94. The molecule has 0 aromatic heterocycles. The van der Waals surface area contributed by atoms with Gasteiger partial charge >= 0.3 is 5.97 Å². The molecule has 0 fully saturated rings. The number of methoxy groups -OCH3 is 1. The summed E-state index contributed by atoms with van der Waals surface area (Å²) in [7, 11) is 1.42. The highest BCUT2D eigenvalue weighted by Crippen LogP contribution is 2.06. The standard InChI is InChI=1S/C14H21NO2/c1-11-6-4-5-7-13(11)8-9-15-10-12(2)14(16)17-3/h4-7,12,15H,8-10H2,1-3H3. The van der Waals surface area contributed by atoms with Crippen molar-refractivity contribution in [1.29, 1.82) is 0 Å². The first-order valence-corrected chi connectivity index (χ1v) is 5.98. The average Bonchev–Trinajstić information content (AvgIpc) is 2.35. The lowest BCUT2D eigenvalue weighted by Gasteiger charge is -2.11. The zero-order valence-electron chi connectivity index (χ0n) is 10.8. The molecule has 0 radical (unpaired) electrons. The molecule has 0 spiro atoms. The van der Waals surface area contributed by atoms with Crippen LogP contribution in [0.3, 0.4) is 0 Å². The monoisotopic (exact) mass is 235 g/mol. The first-order chi connectivity index (χ1) is 8.15. The third-order valence-electron chi connectivity index (χ3n) is 2.89. The summed E-state index contributed by atoms with van der Waals surface area (Å²) in [5.74, 6) is -0.245. The molecule has 0 saturated carbocycles. The summed E-state index contributed by atoms with van der Waals surface area (Å²) in [5, 5.41) is 3.28. The van der Waals surface area contributed by atoms with Gasteiger partial charge in [0.1, 0.15) is 0 Å². The van der Waals surface area contributed by atoms with Crippen LogP contribution in [0, 0.1) is 12.8 Å². The Kier molecular flexibility index (Phi) is 5.70. The van der Waals surface area contributed by atoms with Gasteiger partial charge in [0, 0.05) is 6.54 Å². The Morgan fingerprint density at radius 1 is 1.41 bits per heavy atom. The van der Waals surface area contributed by atoms with Crippen LogP contribution in [-0.2, 0) is 16.0 Å². The summed E-state index contributed by atoms with van der Waals surface area (Å²) in [6.45, 7) is 5.53. The van der Waals surface area contributed by atoms with Crippen LogP contribution >= 0.6 is 0 Å². The summed E-state index contributed by atoms with van der Waals surface area (Å²) in [6.07, 6.45) is 0.987. The fourth-order valence-electron chi connectivity index (χ4n) is 1.72. The topological polar surface area (TPSA) is 38.3 Å². The minimum Gasteiger partial charge on any atom is -0.469 e. The second-order valence-electron chi connectivity index (χ2n) is 4.30. The number of nitrogens with one attached hydrogen (secondary N) is 1. The van der Waals surface area contributed by atoms with Crippen molar-refractivity contribution in [1.82, 2.24) is 5.32 Å². The molecule has 0 bridgehead atoms. The van der Waals surface area contributed by atoms with Gasteiger partial charge in [0.15, 0.2) is 0 Å². The lowest BCUT2D eigenvalue weighted by molar-refractivity contribution is -0.144. The van der Waals surface area contributed by atoms with Crippen molar-refractivity contribution < 1.29 is 9.53 Å². The molecule has 3 nitrogen and oxygen atoms in total. The minimum absolute atomic E-state index is 0.0862. The molecule has 0 aliphatic carbocycles. The maximum absolute atomic E-state index is 11.2. The molecule has 1 atom stereocenters. The summed E-state index contributed by atoms with van der Waals surface area (Å²) in [5.41, 5.74) is 2.67. The molecule has 0 aliphatic rings. The molecule has 1 aromatic rings. The number of aryl methyl sites for hydroxylation is 1. The number of hydrogen-bond acceptors (Lipinski definition) is 3. The van der Waals surface area contributed by atoms with E-state index in [1.54, 1.807) is 0 Å². The molecule has 17 heavy (non-hydrogen) atoms. The van der Waals surface area contributed by atoms with Crippen molar-refractivity contribution in [3.63, 3.8) is 0 Å². The van der Waals surface area contributed by atoms with Gasteiger partial charge in [-0.3, -0.25) is 4.79 Å². The largest absolute Gasteiger partial charge is 0.469 e. The fourth-order valence-corrected chi connectivity index (χ4v) is 1.72. The van der Waals surface area contributed by atoms with Gasteiger partial charge in [-0.1, -0.05) is 31.2 Å². The Balaban J connectivity index is 2.25. The van der Waals surface area contributed by atoms with Gasteiger partial charge in [-0.25, -0.2) is 0 Å². The van der Waals surface area contributed by atoms with Crippen molar-refractivity contribution >= 4 is 5.97 Å². The summed E-state index contributed by atoms with van der Waals surface area (Å²) in [6, 6.07) is 8.36. The zero-order chi connectivity index (χ0) is 12.7. The summed E-state index contributed by atoms with van der Waals surface area (Å²) in [4.78, 5) is 11.2. The van der Waals surface area contributed by atoms with Crippen LogP contribution in [0.5, 0.6) is 0 Å². The van der Waals surface area contributed by atoms with Gasteiger partial charge in [-0.15, -0.1) is 0 Å². The average molecular weight is 235 g/mol. The van der Waals surface area contributed by atoms with Crippen molar-refractivity contribution in [2.75, 3.05) is 20.2 Å². The van der Waals surface area contributed by atoms with Crippen LogP contribution < -0.4 is 5.32 Å². The van der Waals surface area contributed by atoms with Crippen molar-refractivity contribution in [3.8, 4) is 0 Å². The van der Waals surface area contributed by atoms with Crippen molar-refractivity contribution in [2.45, 2.75) is 20.3 Å². The number of benzene rings is 1. The molecule has 0 aliphatic heterocycles. The zero-order valence-corrected chi connectivity index (χ0v) is 10.8. The quantitative estimate of drug-likeness (QED) is 0.605. The Morgan fingerprint density at radius 2 is 2.12 bits per heavy atom. The van der Waals surface area contributed by atoms with Crippen LogP contribution in [0.15, 0.2) is 24.3 Å². The summed E-state index contributed by atoms with van der Waals surface area (Å²) >= 11 is 0. The first-order valence-electron chi connectivity index (χ1n) is 5.98. The van der Waals surface area contributed by atoms with Gasteiger partial charge in [0.2, 0.25) is 0 Å². The van der Waals surface area contributed by atoms with Crippen LogP contribution in [0.1, 0.15) is 18.1 Å². The van der Waals surface area contributed by atoms with E-state index in [2.05, 4.69) is 35.2 Å². The van der Waals surface area contributed by atoms with E-state index in [9.17, 15) is 4.79 Å². The van der Waals surface area contributed by atoms with Crippen LogP contribution in [0.25, 0.3) is 0 Å². The number of hydrogen-bond donors (Lipinski definition) is 1. The highest BCUT2D eigenvalue weighted by molar-refractivity contribution is 5.71. The van der Waals surface area contributed by atoms with Crippen LogP contribution in [0.4, 0.5) is 0 Å². The summed E-state index contributed by atoms with van der Waals surface area (Å²) < 4.78 is 4.67. The van der Waals surface area contributed by atoms with E-state index in [4.69, 9.17) is 0 Å². The molecule has 0 heterocycles. The van der Waals surface area contributed by atoms with Gasteiger partial charge in [0.05, 0.1) is 13.0 Å². The molecule has 3 heteroatoms. The molecule has 0 amide bonds. The van der Waals surface area contributed by atoms with Gasteiger partial charge in [-0.05, 0) is 31.0 Å². The fraction of sp³-hybridized carbons (Fsp3) is 0.500. The predicted molar refractivity (Wildman–Crippen MR) is 68.9 cm³/mol. The third-order valence-corrected chi connectivity index (χ3v) is 2.89. The second-order valence-corrected chi connectivity index (χ2v) is 4.30. The second kappa shape index (κ2) is 7.07. The number of carbonyl (C=O) groups is 1. The minimum atomic E-state index is -0.159. The molecule has 94 valence electrons. The van der Waals surface area contributed by atoms with Crippen LogP contribution in [0.2, 0.25) is 0 Å². The highest BCUT2D eigenvalue weighted by Gasteiger charge is 2.11. The normalized spacial score (nSPS) is 12.2. The smallest absolute Gasteiger partial charge is 0.309 e. The van der Waals surface area contributed by atoms with E-state index in [0.29, 0.717) is 6.54 Å². The lowest BCUT2D eigenvalue weighted by atomic mass is 10.1. The van der Waals surface area contributed by atoms with E-state index < -0.39 is 0 Å². The molecular formula is C14H21NO2. The van der Waals surface area contributed by atoms with Crippen molar-refractivity contribution in [3.05, 3.63) is 35.4 Å². The lowest BCUT2D eigenvalue weighted by Crippen LogP contribution is -2.28. The maximum Gasteiger partial charge on any atom is 0.309 e. The molecule has 1 N–H and O–H groups in total. The Bertz CT molecular complexity index is 363. The SMILES string of the molecule is COC(=O)C(C)CNCCc1ccccc1C. The van der Waals surface area contributed by atoms with E-state index in [0.717, 1.165) is 13.0 Å². The van der Waals surface area contributed by atoms with E-state index in [1.165, 1.54) is 18.2 Å². The van der Waals surface area contributed by atoms with Crippen LogP contribution in [-0.4, -0.2) is 26.2 Å². The molecule has 1 rings (SSSR count). The number of esters is 1. The highest BCUT2D eigenvalue weighted by atomic mass is 16.5. The molecule has 1 unspecified atom stereocenters. The molecule has 0 saturated heterocycles. The molecular weight excluding hydrogens is 214 g/mol. The van der Waals surface area contributed by atoms with E-state index >= 15 is 0 Å². The Hall–Kier alpha value is -1.35. The van der Waals surface area contributed by atoms with Gasteiger partial charge in [0.25, 0.3) is 0 Å². The number of rotatable bonds is 6. The Morgan fingerprint density at radius 3 is 2.76 bits per heavy atom. The Labute approximate surface area is 103 Å². The van der Waals surface area contributed by atoms with Gasteiger partial charge < -0.3 is 10.1 Å². The van der Waals surface area contributed by atoms with Crippen molar-refractivity contribution in [2.24, 2.45) is 5.92 Å². The number of carbonyl (C=O) groups excluding carboxylic acids is 1. The van der Waals surface area contributed by atoms with Gasteiger partial charge in [-0.2, -0.15) is 0 Å². The molecule has 1 aromatic carbocycles. The van der Waals surface area contributed by atoms with E-state index in [1.807, 2.05) is 13.0 Å². The maximum atomic E-state index is 11.2.